The quantitative estimate of drug-likeness (QED) is 0.767. The van der Waals surface area contributed by atoms with Gasteiger partial charge in [-0.3, -0.25) is 9.59 Å². The molecular formula is C14H19NO5. The number of methoxy groups -OCH3 is 1. The maximum absolute atomic E-state index is 11.9. The molecule has 0 spiro atoms. The SMILES string of the molecule is COCCN(CC(=O)O)C(=O)COc1cccc(C)c1. The van der Waals surface area contributed by atoms with Crippen LogP contribution in [-0.2, 0) is 14.3 Å². The Morgan fingerprint density at radius 2 is 2.10 bits per heavy atom. The number of carboxylic acid groups (broad SMARTS) is 1. The van der Waals surface area contributed by atoms with Gasteiger partial charge >= 0.3 is 5.97 Å². The molecule has 20 heavy (non-hydrogen) atoms. The van der Waals surface area contributed by atoms with Crippen molar-refractivity contribution in [2.75, 3.05) is 33.4 Å². The van der Waals surface area contributed by atoms with E-state index in [0.29, 0.717) is 5.75 Å². The third kappa shape index (κ3) is 5.71. The monoisotopic (exact) mass is 281 g/mol. The predicted molar refractivity (Wildman–Crippen MR) is 72.8 cm³/mol. The molecule has 0 aliphatic heterocycles. The van der Waals surface area contributed by atoms with Crippen LogP contribution >= 0.6 is 0 Å². The standard InChI is InChI=1S/C14H19NO5/c1-11-4-3-5-12(8-11)20-10-13(16)15(6-7-19-2)9-14(17)18/h3-5,8H,6-7,9-10H2,1-2H3,(H,17,18). The summed E-state index contributed by atoms with van der Waals surface area (Å²) < 4.78 is 10.2. The molecule has 0 aliphatic rings. The van der Waals surface area contributed by atoms with Crippen LogP contribution in [0.3, 0.4) is 0 Å². The second-order valence-electron chi connectivity index (χ2n) is 4.31. The Morgan fingerprint density at radius 1 is 1.35 bits per heavy atom. The van der Waals surface area contributed by atoms with E-state index < -0.39 is 5.97 Å². The van der Waals surface area contributed by atoms with Gasteiger partial charge in [-0.25, -0.2) is 0 Å². The number of hydrogen-bond acceptors (Lipinski definition) is 4. The minimum Gasteiger partial charge on any atom is -0.484 e. The van der Waals surface area contributed by atoms with Crippen molar-refractivity contribution in [2.45, 2.75) is 6.92 Å². The molecule has 1 aromatic carbocycles. The Bertz CT molecular complexity index is 461. The number of aliphatic carboxylic acids is 1. The van der Waals surface area contributed by atoms with Crippen molar-refractivity contribution < 1.29 is 24.2 Å². The summed E-state index contributed by atoms with van der Waals surface area (Å²) in [6, 6.07) is 7.31. The van der Waals surface area contributed by atoms with Gasteiger partial charge in [0.15, 0.2) is 6.61 Å². The maximum Gasteiger partial charge on any atom is 0.323 e. The van der Waals surface area contributed by atoms with Crippen LogP contribution in [0.25, 0.3) is 0 Å². The molecule has 0 aliphatic carbocycles. The fourth-order valence-electron chi connectivity index (χ4n) is 1.60. The number of benzene rings is 1. The van der Waals surface area contributed by atoms with E-state index in [9.17, 15) is 9.59 Å². The van der Waals surface area contributed by atoms with Gasteiger partial charge in [-0.15, -0.1) is 0 Å². The number of carboxylic acids is 1. The highest BCUT2D eigenvalue weighted by Crippen LogP contribution is 2.12. The summed E-state index contributed by atoms with van der Waals surface area (Å²) in [5.41, 5.74) is 1.02. The van der Waals surface area contributed by atoms with Gasteiger partial charge in [0.2, 0.25) is 0 Å². The van der Waals surface area contributed by atoms with E-state index in [4.69, 9.17) is 14.6 Å². The molecule has 0 fully saturated rings. The van der Waals surface area contributed by atoms with Crippen LogP contribution in [0.4, 0.5) is 0 Å². The molecule has 0 unspecified atom stereocenters. The van der Waals surface area contributed by atoms with Gasteiger partial charge in [-0.05, 0) is 24.6 Å². The van der Waals surface area contributed by atoms with E-state index in [-0.39, 0.29) is 32.2 Å². The summed E-state index contributed by atoms with van der Waals surface area (Å²) in [5, 5.41) is 8.78. The third-order valence-corrected chi connectivity index (χ3v) is 2.60. The van der Waals surface area contributed by atoms with Crippen molar-refractivity contribution in [2.24, 2.45) is 0 Å². The summed E-state index contributed by atoms with van der Waals surface area (Å²) in [4.78, 5) is 23.8. The van der Waals surface area contributed by atoms with Crippen molar-refractivity contribution in [1.29, 1.82) is 0 Å². The molecule has 0 saturated carbocycles. The molecule has 6 heteroatoms. The number of nitrogens with zero attached hydrogens (tertiary/aromatic N) is 1. The van der Waals surface area contributed by atoms with Gasteiger partial charge in [0.25, 0.3) is 5.91 Å². The van der Waals surface area contributed by atoms with Crippen LogP contribution in [0.15, 0.2) is 24.3 Å². The van der Waals surface area contributed by atoms with E-state index in [2.05, 4.69) is 0 Å². The van der Waals surface area contributed by atoms with Crippen LogP contribution in [0.2, 0.25) is 0 Å². The highest BCUT2D eigenvalue weighted by atomic mass is 16.5. The van der Waals surface area contributed by atoms with E-state index in [1.807, 2.05) is 25.1 Å². The average Bonchev–Trinajstić information content (AvgIpc) is 2.40. The van der Waals surface area contributed by atoms with E-state index in [1.165, 1.54) is 12.0 Å². The number of aryl methyl sites for hydroxylation is 1. The largest absolute Gasteiger partial charge is 0.484 e. The first kappa shape index (κ1) is 16.0. The Balaban J connectivity index is 2.54. The first-order valence-electron chi connectivity index (χ1n) is 6.21. The van der Waals surface area contributed by atoms with Crippen LogP contribution < -0.4 is 4.74 Å². The second-order valence-corrected chi connectivity index (χ2v) is 4.31. The minimum atomic E-state index is -1.06. The second kappa shape index (κ2) is 8.16. The normalized spacial score (nSPS) is 10.1. The molecule has 0 atom stereocenters. The Hall–Kier alpha value is -2.08. The summed E-state index contributed by atoms with van der Waals surface area (Å²) in [7, 11) is 1.49. The molecule has 1 aromatic rings. The van der Waals surface area contributed by atoms with Crippen LogP contribution in [0.1, 0.15) is 5.56 Å². The summed E-state index contributed by atoms with van der Waals surface area (Å²) in [6.45, 7) is 1.87. The lowest BCUT2D eigenvalue weighted by Gasteiger charge is -2.20. The zero-order valence-electron chi connectivity index (χ0n) is 11.7. The van der Waals surface area contributed by atoms with Gasteiger partial charge in [-0.2, -0.15) is 0 Å². The van der Waals surface area contributed by atoms with Gasteiger partial charge < -0.3 is 19.5 Å². The lowest BCUT2D eigenvalue weighted by Crippen LogP contribution is -2.40. The zero-order chi connectivity index (χ0) is 15.0. The van der Waals surface area contributed by atoms with Crippen LogP contribution in [-0.4, -0.2) is 55.3 Å². The maximum atomic E-state index is 11.9. The van der Waals surface area contributed by atoms with Gasteiger partial charge in [-0.1, -0.05) is 12.1 Å². The molecule has 0 bridgehead atoms. The fraction of sp³-hybridized carbons (Fsp3) is 0.429. The molecule has 1 rings (SSSR count). The Labute approximate surface area is 117 Å². The predicted octanol–water partition coefficient (Wildman–Crippen LogP) is 0.933. The van der Waals surface area contributed by atoms with Gasteiger partial charge in [0.1, 0.15) is 12.3 Å². The molecular weight excluding hydrogens is 262 g/mol. The van der Waals surface area contributed by atoms with Crippen molar-refractivity contribution in [3.05, 3.63) is 29.8 Å². The van der Waals surface area contributed by atoms with Crippen molar-refractivity contribution >= 4 is 11.9 Å². The first-order chi connectivity index (χ1) is 9.52. The number of amides is 1. The number of ether oxygens (including phenoxy) is 2. The van der Waals surface area contributed by atoms with Crippen molar-refractivity contribution in [1.82, 2.24) is 4.90 Å². The number of carbonyl (C=O) groups excluding carboxylic acids is 1. The van der Waals surface area contributed by atoms with E-state index >= 15 is 0 Å². The molecule has 1 amide bonds. The minimum absolute atomic E-state index is 0.194. The van der Waals surface area contributed by atoms with Gasteiger partial charge in [0, 0.05) is 13.7 Å². The lowest BCUT2D eigenvalue weighted by atomic mass is 10.2. The van der Waals surface area contributed by atoms with Crippen molar-refractivity contribution in [3.63, 3.8) is 0 Å². The van der Waals surface area contributed by atoms with Crippen LogP contribution in [0.5, 0.6) is 5.75 Å². The molecule has 0 radical (unpaired) electrons. The lowest BCUT2D eigenvalue weighted by molar-refractivity contribution is -0.145. The highest BCUT2D eigenvalue weighted by molar-refractivity contribution is 5.82. The van der Waals surface area contributed by atoms with E-state index in [0.717, 1.165) is 5.56 Å². The van der Waals surface area contributed by atoms with Crippen molar-refractivity contribution in [3.8, 4) is 5.75 Å². The fourth-order valence-corrected chi connectivity index (χ4v) is 1.60. The molecule has 0 saturated heterocycles. The number of carbonyl (C=O) groups is 2. The molecule has 110 valence electrons. The summed E-state index contributed by atoms with van der Waals surface area (Å²) >= 11 is 0. The summed E-state index contributed by atoms with van der Waals surface area (Å²) in [5.74, 6) is -0.865. The zero-order valence-corrected chi connectivity index (χ0v) is 11.7. The number of rotatable bonds is 8. The van der Waals surface area contributed by atoms with Crippen LogP contribution in [0, 0.1) is 6.92 Å². The smallest absolute Gasteiger partial charge is 0.323 e. The topological polar surface area (TPSA) is 76.1 Å². The third-order valence-electron chi connectivity index (χ3n) is 2.60. The molecule has 0 heterocycles. The average molecular weight is 281 g/mol. The first-order valence-corrected chi connectivity index (χ1v) is 6.21. The molecule has 6 nitrogen and oxygen atoms in total. The highest BCUT2D eigenvalue weighted by Gasteiger charge is 2.17. The van der Waals surface area contributed by atoms with Gasteiger partial charge in [0.05, 0.1) is 6.61 Å². The Morgan fingerprint density at radius 3 is 2.70 bits per heavy atom. The summed E-state index contributed by atoms with van der Waals surface area (Å²) in [6.07, 6.45) is 0. The molecule has 1 N–H and O–H groups in total. The van der Waals surface area contributed by atoms with E-state index in [1.54, 1.807) is 6.07 Å². The Kier molecular flexibility index (Phi) is 6.52. The molecule has 0 aromatic heterocycles. The number of hydrogen-bond donors (Lipinski definition) is 1.